The highest BCUT2D eigenvalue weighted by Crippen LogP contribution is 2.13. The highest BCUT2D eigenvalue weighted by molar-refractivity contribution is 5.79. The minimum atomic E-state index is 0.384. The second-order valence-corrected chi connectivity index (χ2v) is 5.12. The van der Waals surface area contributed by atoms with Gasteiger partial charge in [-0.1, -0.05) is 25.9 Å². The normalized spacial score (nSPS) is 12.2. The molecule has 6 nitrogen and oxygen atoms in total. The van der Waals surface area contributed by atoms with E-state index < -0.39 is 0 Å². The molecule has 20 heavy (non-hydrogen) atoms. The van der Waals surface area contributed by atoms with Crippen molar-refractivity contribution in [3.63, 3.8) is 0 Å². The lowest BCUT2D eigenvalue weighted by Crippen LogP contribution is -2.40. The molecular weight excluding hydrogens is 254 g/mol. The van der Waals surface area contributed by atoms with Crippen molar-refractivity contribution < 1.29 is 4.52 Å². The first-order valence-electron chi connectivity index (χ1n) is 7.15. The molecule has 0 radical (unpaired) electrons. The number of nitrogens with one attached hydrogen (secondary N) is 2. The average molecular weight is 281 g/mol. The largest absolute Gasteiger partial charge is 0.359 e. The lowest BCUT2D eigenvalue weighted by atomic mass is 10.1. The predicted molar refractivity (Wildman–Crippen MR) is 82.0 cm³/mol. The van der Waals surface area contributed by atoms with E-state index in [0.717, 1.165) is 37.0 Å². The molecule has 0 unspecified atom stereocenters. The molecule has 0 bridgehead atoms. The van der Waals surface area contributed by atoms with Crippen molar-refractivity contribution in [3.05, 3.63) is 17.5 Å². The van der Waals surface area contributed by atoms with Gasteiger partial charge in [0.1, 0.15) is 0 Å². The number of rotatable bonds is 7. The third-order valence-corrected chi connectivity index (χ3v) is 3.15. The van der Waals surface area contributed by atoms with E-state index in [2.05, 4.69) is 53.5 Å². The number of aliphatic imine (C=N–C) groups is 1. The van der Waals surface area contributed by atoms with Crippen molar-refractivity contribution in [1.82, 2.24) is 20.7 Å². The van der Waals surface area contributed by atoms with E-state index in [1.165, 1.54) is 0 Å². The van der Waals surface area contributed by atoms with E-state index in [4.69, 9.17) is 4.52 Å². The smallest absolute Gasteiger partial charge is 0.191 e. The summed E-state index contributed by atoms with van der Waals surface area (Å²) in [6, 6.07) is 1.98. The molecule has 1 aromatic rings. The summed E-state index contributed by atoms with van der Waals surface area (Å²) in [7, 11) is 3.86. The first kappa shape index (κ1) is 16.5. The van der Waals surface area contributed by atoms with Gasteiger partial charge in [0, 0.05) is 26.2 Å². The topological polar surface area (TPSA) is 65.7 Å². The van der Waals surface area contributed by atoms with Crippen molar-refractivity contribution in [1.29, 1.82) is 0 Å². The fourth-order valence-electron chi connectivity index (χ4n) is 1.60. The molecule has 1 rings (SSSR count). The molecule has 0 aliphatic rings. The van der Waals surface area contributed by atoms with Crippen LogP contribution in [0.15, 0.2) is 15.6 Å². The molecule has 0 aliphatic heterocycles. The zero-order chi connectivity index (χ0) is 15.0. The SMILES string of the molecule is CCN(C)CCNC(=NC)NCc1cc(C(C)C)no1. The van der Waals surface area contributed by atoms with Crippen LogP contribution < -0.4 is 10.6 Å². The zero-order valence-corrected chi connectivity index (χ0v) is 13.2. The van der Waals surface area contributed by atoms with Crippen molar-refractivity contribution in [2.24, 2.45) is 4.99 Å². The molecule has 1 heterocycles. The Morgan fingerprint density at radius 1 is 1.45 bits per heavy atom. The highest BCUT2D eigenvalue weighted by Gasteiger charge is 2.08. The van der Waals surface area contributed by atoms with E-state index >= 15 is 0 Å². The van der Waals surface area contributed by atoms with Gasteiger partial charge in [0.2, 0.25) is 0 Å². The summed E-state index contributed by atoms with van der Waals surface area (Å²) in [5.41, 5.74) is 0.981. The summed E-state index contributed by atoms with van der Waals surface area (Å²) in [5, 5.41) is 10.5. The Morgan fingerprint density at radius 3 is 2.75 bits per heavy atom. The van der Waals surface area contributed by atoms with Crippen LogP contribution in [0.1, 0.15) is 38.1 Å². The Hall–Kier alpha value is -1.56. The molecule has 114 valence electrons. The number of guanidine groups is 1. The summed E-state index contributed by atoms with van der Waals surface area (Å²) < 4.78 is 5.28. The number of aromatic nitrogens is 1. The molecule has 1 aromatic heterocycles. The minimum Gasteiger partial charge on any atom is -0.359 e. The molecule has 0 spiro atoms. The van der Waals surface area contributed by atoms with Crippen LogP contribution in [-0.4, -0.2) is 49.7 Å². The predicted octanol–water partition coefficient (Wildman–Crippen LogP) is 1.41. The van der Waals surface area contributed by atoms with Gasteiger partial charge in [-0.05, 0) is 19.5 Å². The van der Waals surface area contributed by atoms with Gasteiger partial charge in [-0.2, -0.15) is 0 Å². The first-order chi connectivity index (χ1) is 9.56. The molecule has 0 aromatic carbocycles. The van der Waals surface area contributed by atoms with Gasteiger partial charge < -0.3 is 20.1 Å². The highest BCUT2D eigenvalue weighted by atomic mass is 16.5. The van der Waals surface area contributed by atoms with Crippen molar-refractivity contribution in [2.45, 2.75) is 33.2 Å². The lowest BCUT2D eigenvalue weighted by Gasteiger charge is -2.15. The Bertz CT molecular complexity index is 413. The van der Waals surface area contributed by atoms with Crippen molar-refractivity contribution in [2.75, 3.05) is 33.7 Å². The van der Waals surface area contributed by atoms with Crippen molar-refractivity contribution in [3.8, 4) is 0 Å². The first-order valence-corrected chi connectivity index (χ1v) is 7.15. The molecular formula is C14H27N5O. The van der Waals surface area contributed by atoms with Crippen LogP contribution in [0.2, 0.25) is 0 Å². The number of nitrogens with zero attached hydrogens (tertiary/aromatic N) is 3. The van der Waals surface area contributed by atoms with Crippen molar-refractivity contribution >= 4 is 5.96 Å². The Labute approximate surface area is 121 Å². The lowest BCUT2D eigenvalue weighted by molar-refractivity contribution is 0.356. The quantitative estimate of drug-likeness (QED) is 0.584. The van der Waals surface area contributed by atoms with Crippen LogP contribution in [0.25, 0.3) is 0 Å². The fraction of sp³-hybridized carbons (Fsp3) is 0.714. The Kier molecular flexibility index (Phi) is 7.08. The molecule has 6 heteroatoms. The monoisotopic (exact) mass is 281 g/mol. The second kappa shape index (κ2) is 8.58. The minimum absolute atomic E-state index is 0.384. The summed E-state index contributed by atoms with van der Waals surface area (Å²) >= 11 is 0. The maximum Gasteiger partial charge on any atom is 0.191 e. The summed E-state index contributed by atoms with van der Waals surface area (Å²) in [4.78, 5) is 6.42. The number of likely N-dealkylation sites (N-methyl/N-ethyl adjacent to an activating group) is 1. The van der Waals surface area contributed by atoms with Gasteiger partial charge in [0.15, 0.2) is 11.7 Å². The third kappa shape index (κ3) is 5.61. The van der Waals surface area contributed by atoms with Crippen LogP contribution in [0.3, 0.4) is 0 Å². The van der Waals surface area contributed by atoms with Crippen LogP contribution in [-0.2, 0) is 6.54 Å². The fourth-order valence-corrected chi connectivity index (χ4v) is 1.60. The molecule has 0 saturated carbocycles. The molecule has 0 aliphatic carbocycles. The van der Waals surface area contributed by atoms with Gasteiger partial charge in [-0.15, -0.1) is 0 Å². The van der Waals surface area contributed by atoms with Gasteiger partial charge in [0.25, 0.3) is 0 Å². The molecule has 2 N–H and O–H groups in total. The van der Waals surface area contributed by atoms with Gasteiger partial charge >= 0.3 is 0 Å². The summed E-state index contributed by atoms with van der Waals surface area (Å²) in [5.74, 6) is 1.98. The van der Waals surface area contributed by atoms with Crippen LogP contribution in [0, 0.1) is 0 Å². The number of hydrogen-bond donors (Lipinski definition) is 2. The third-order valence-electron chi connectivity index (χ3n) is 3.15. The second-order valence-electron chi connectivity index (χ2n) is 5.12. The molecule has 0 fully saturated rings. The van der Waals surface area contributed by atoms with E-state index in [0.29, 0.717) is 12.5 Å². The molecule has 0 amide bonds. The zero-order valence-electron chi connectivity index (χ0n) is 13.2. The van der Waals surface area contributed by atoms with E-state index in [1.54, 1.807) is 7.05 Å². The van der Waals surface area contributed by atoms with E-state index in [-0.39, 0.29) is 0 Å². The maximum atomic E-state index is 5.28. The Morgan fingerprint density at radius 2 is 2.20 bits per heavy atom. The standard InChI is InChI=1S/C14H27N5O/c1-6-19(5)8-7-16-14(15-4)17-10-12-9-13(11(2)3)18-20-12/h9,11H,6-8,10H2,1-5H3,(H2,15,16,17). The average Bonchev–Trinajstić information content (AvgIpc) is 2.91. The van der Waals surface area contributed by atoms with Crippen LogP contribution in [0.4, 0.5) is 0 Å². The molecule has 0 saturated heterocycles. The maximum absolute atomic E-state index is 5.28. The van der Waals surface area contributed by atoms with Gasteiger partial charge in [-0.25, -0.2) is 0 Å². The van der Waals surface area contributed by atoms with Gasteiger partial charge in [-0.3, -0.25) is 4.99 Å². The summed E-state index contributed by atoms with van der Waals surface area (Å²) in [6.45, 7) is 9.81. The summed E-state index contributed by atoms with van der Waals surface area (Å²) in [6.07, 6.45) is 0. The molecule has 0 atom stereocenters. The number of hydrogen-bond acceptors (Lipinski definition) is 4. The van der Waals surface area contributed by atoms with E-state index in [9.17, 15) is 0 Å². The van der Waals surface area contributed by atoms with E-state index in [1.807, 2.05) is 6.07 Å². The Balaban J connectivity index is 2.33. The van der Waals surface area contributed by atoms with Crippen LogP contribution >= 0.6 is 0 Å². The van der Waals surface area contributed by atoms with Gasteiger partial charge in [0.05, 0.1) is 12.2 Å². The van der Waals surface area contributed by atoms with Crippen LogP contribution in [0.5, 0.6) is 0 Å².